The summed E-state index contributed by atoms with van der Waals surface area (Å²) in [6.07, 6.45) is 2.27. The molecule has 0 saturated carbocycles. The maximum Gasteiger partial charge on any atom is 0.253 e. The molecule has 0 atom stereocenters. The third kappa shape index (κ3) is 4.27. The minimum atomic E-state index is -0.211. The normalized spacial score (nSPS) is 17.8. The van der Waals surface area contributed by atoms with E-state index in [2.05, 4.69) is 15.5 Å². The molecule has 1 saturated heterocycles. The molecular formula is C24H29ClN4O2. The second-order valence-electron chi connectivity index (χ2n) is 8.74. The van der Waals surface area contributed by atoms with Gasteiger partial charge in [-0.1, -0.05) is 23.7 Å². The average molecular weight is 441 g/mol. The number of carbonyl (C=O) groups excluding carboxylic acids is 2. The van der Waals surface area contributed by atoms with Crippen molar-refractivity contribution in [1.29, 1.82) is 0 Å². The predicted octanol–water partition coefficient (Wildman–Crippen LogP) is 3.80. The van der Waals surface area contributed by atoms with Gasteiger partial charge in [0.2, 0.25) is 0 Å². The molecule has 0 radical (unpaired) electrons. The fraction of sp³-hybridized carbons (Fsp3) is 0.417. The van der Waals surface area contributed by atoms with Crippen LogP contribution in [0.5, 0.6) is 0 Å². The van der Waals surface area contributed by atoms with E-state index in [1.807, 2.05) is 38.1 Å². The van der Waals surface area contributed by atoms with Crippen LogP contribution in [-0.4, -0.2) is 48.3 Å². The lowest BCUT2D eigenvalue weighted by atomic mass is 9.77. The Hall–Kier alpha value is -2.57. The summed E-state index contributed by atoms with van der Waals surface area (Å²) < 4.78 is 0. The lowest BCUT2D eigenvalue weighted by molar-refractivity contribution is 0.0887. The zero-order chi connectivity index (χ0) is 22.2. The number of Topliss-reactive ketones (excluding diaryl/α,β-unsaturated/α-hetero) is 1. The predicted molar refractivity (Wildman–Crippen MR) is 125 cm³/mol. The second-order valence-corrected chi connectivity index (χ2v) is 9.14. The molecule has 2 aliphatic heterocycles. The van der Waals surface area contributed by atoms with Gasteiger partial charge in [-0.25, -0.2) is 0 Å². The molecule has 1 fully saturated rings. The van der Waals surface area contributed by atoms with Gasteiger partial charge in [0.05, 0.1) is 16.3 Å². The fourth-order valence-corrected chi connectivity index (χ4v) is 4.98. The highest BCUT2D eigenvalue weighted by Crippen LogP contribution is 2.40. The first-order valence-electron chi connectivity index (χ1n) is 10.8. The van der Waals surface area contributed by atoms with Gasteiger partial charge in [0.15, 0.2) is 5.78 Å². The zero-order valence-corrected chi connectivity index (χ0v) is 18.8. The number of nitrogens with one attached hydrogen (secondary N) is 2. The van der Waals surface area contributed by atoms with Crippen LogP contribution in [0.3, 0.4) is 0 Å². The van der Waals surface area contributed by atoms with Crippen LogP contribution in [0.15, 0.2) is 30.3 Å². The number of amides is 1. The van der Waals surface area contributed by atoms with Gasteiger partial charge in [-0.15, -0.1) is 0 Å². The van der Waals surface area contributed by atoms with Crippen LogP contribution in [-0.2, 0) is 0 Å². The van der Waals surface area contributed by atoms with Gasteiger partial charge < -0.3 is 21.3 Å². The van der Waals surface area contributed by atoms with E-state index in [1.165, 1.54) is 0 Å². The monoisotopic (exact) mass is 440 g/mol. The zero-order valence-electron chi connectivity index (χ0n) is 18.1. The number of hydrogen-bond donors (Lipinski definition) is 3. The number of benzene rings is 2. The number of ketones is 1. The number of nitrogen functional groups attached to an aromatic ring is 1. The highest BCUT2D eigenvalue weighted by molar-refractivity contribution is 6.34. The van der Waals surface area contributed by atoms with E-state index in [4.69, 9.17) is 17.3 Å². The molecule has 0 unspecified atom stereocenters. The van der Waals surface area contributed by atoms with Crippen molar-refractivity contribution < 1.29 is 9.59 Å². The van der Waals surface area contributed by atoms with Crippen molar-refractivity contribution >= 4 is 34.7 Å². The number of nitrogens with two attached hydrogens (primary N) is 1. The number of nitrogens with zero attached hydrogens (tertiary/aromatic N) is 1. The lowest BCUT2D eigenvalue weighted by Crippen LogP contribution is -2.53. The van der Waals surface area contributed by atoms with Gasteiger partial charge in [0.25, 0.3) is 5.91 Å². The summed E-state index contributed by atoms with van der Waals surface area (Å²) in [6.45, 7) is 6.92. The molecule has 7 heteroatoms. The molecule has 1 spiro atoms. The summed E-state index contributed by atoms with van der Waals surface area (Å²) in [4.78, 5) is 27.6. The summed E-state index contributed by atoms with van der Waals surface area (Å²) in [5.74, 6) is 0.0495. The van der Waals surface area contributed by atoms with Crippen LogP contribution in [0.25, 0.3) is 0 Å². The van der Waals surface area contributed by atoms with E-state index in [9.17, 15) is 9.59 Å². The maximum absolute atomic E-state index is 12.8. The van der Waals surface area contributed by atoms with Crippen molar-refractivity contribution in [2.45, 2.75) is 38.6 Å². The van der Waals surface area contributed by atoms with Crippen molar-refractivity contribution in [3.8, 4) is 0 Å². The van der Waals surface area contributed by atoms with Crippen LogP contribution in [0.2, 0.25) is 5.02 Å². The van der Waals surface area contributed by atoms with Crippen LogP contribution >= 0.6 is 11.6 Å². The SMILES string of the molecule is Cc1cccc(Cl)c1C(=O)NCCN1CCC2(CC1)CC(=O)c1ccc(N)c(C)c1N2. The van der Waals surface area contributed by atoms with Crippen molar-refractivity contribution in [3.05, 3.63) is 57.6 Å². The third-order valence-electron chi connectivity index (χ3n) is 6.67. The molecule has 2 aromatic rings. The molecule has 0 aliphatic carbocycles. The topological polar surface area (TPSA) is 87.5 Å². The van der Waals surface area contributed by atoms with E-state index in [0.29, 0.717) is 29.2 Å². The molecule has 4 N–H and O–H groups in total. The number of carbonyl (C=O) groups is 2. The van der Waals surface area contributed by atoms with E-state index < -0.39 is 0 Å². The average Bonchev–Trinajstić information content (AvgIpc) is 2.73. The molecule has 0 bridgehead atoms. The van der Waals surface area contributed by atoms with Crippen LogP contribution in [0, 0.1) is 13.8 Å². The van der Waals surface area contributed by atoms with Gasteiger partial charge in [0, 0.05) is 49.4 Å². The van der Waals surface area contributed by atoms with E-state index in [1.54, 1.807) is 6.07 Å². The number of hydrogen-bond acceptors (Lipinski definition) is 5. The smallest absolute Gasteiger partial charge is 0.253 e. The van der Waals surface area contributed by atoms with Gasteiger partial charge in [-0.05, 0) is 56.0 Å². The summed E-state index contributed by atoms with van der Waals surface area (Å²) in [6, 6.07) is 9.11. The Morgan fingerprint density at radius 1 is 1.23 bits per heavy atom. The number of anilines is 2. The standard InChI is InChI=1S/C24H29ClN4O2/c1-15-4-3-5-18(25)21(15)23(31)27-10-13-29-11-8-24(9-12-29)14-20(30)17-6-7-19(26)16(2)22(17)28-24/h3-7,28H,8-14,26H2,1-2H3,(H,27,31). The Morgan fingerprint density at radius 2 is 1.97 bits per heavy atom. The molecule has 2 aromatic carbocycles. The number of fused-ring (bicyclic) bond motifs is 1. The molecule has 6 nitrogen and oxygen atoms in total. The van der Waals surface area contributed by atoms with Crippen molar-refractivity contribution in [1.82, 2.24) is 10.2 Å². The number of piperidine rings is 1. The summed E-state index contributed by atoms with van der Waals surface area (Å²) >= 11 is 6.19. The minimum absolute atomic E-state index is 0.138. The minimum Gasteiger partial charge on any atom is -0.398 e. The second kappa shape index (κ2) is 8.52. The fourth-order valence-electron chi connectivity index (χ4n) is 4.68. The Kier molecular flexibility index (Phi) is 5.95. The lowest BCUT2D eigenvalue weighted by Gasteiger charge is -2.45. The van der Waals surface area contributed by atoms with Gasteiger partial charge in [-0.2, -0.15) is 0 Å². The van der Waals surface area contributed by atoms with E-state index in [0.717, 1.165) is 54.9 Å². The first kappa shape index (κ1) is 21.7. The largest absolute Gasteiger partial charge is 0.398 e. The molecular weight excluding hydrogens is 412 g/mol. The van der Waals surface area contributed by atoms with E-state index >= 15 is 0 Å². The summed E-state index contributed by atoms with van der Waals surface area (Å²) in [5.41, 5.74) is 10.6. The quantitative estimate of drug-likeness (QED) is 0.629. The van der Waals surface area contributed by atoms with Gasteiger partial charge in [0.1, 0.15) is 0 Å². The summed E-state index contributed by atoms with van der Waals surface area (Å²) in [5, 5.41) is 7.13. The van der Waals surface area contributed by atoms with Crippen molar-refractivity contribution in [3.63, 3.8) is 0 Å². The van der Waals surface area contributed by atoms with Gasteiger partial charge >= 0.3 is 0 Å². The van der Waals surface area contributed by atoms with Crippen LogP contribution in [0.1, 0.15) is 51.1 Å². The molecule has 2 heterocycles. The highest BCUT2D eigenvalue weighted by atomic mass is 35.5. The van der Waals surface area contributed by atoms with E-state index in [-0.39, 0.29) is 17.2 Å². The van der Waals surface area contributed by atoms with Crippen LogP contribution < -0.4 is 16.4 Å². The Balaban J connectivity index is 1.33. The van der Waals surface area contributed by atoms with Crippen molar-refractivity contribution in [2.75, 3.05) is 37.2 Å². The highest BCUT2D eigenvalue weighted by Gasteiger charge is 2.41. The molecule has 0 aromatic heterocycles. The first-order chi connectivity index (χ1) is 14.8. The van der Waals surface area contributed by atoms with Crippen LogP contribution in [0.4, 0.5) is 11.4 Å². The Morgan fingerprint density at radius 3 is 2.68 bits per heavy atom. The Bertz CT molecular complexity index is 1010. The number of rotatable bonds is 4. The Labute approximate surface area is 188 Å². The third-order valence-corrected chi connectivity index (χ3v) is 6.99. The number of halogens is 1. The maximum atomic E-state index is 12.8. The molecule has 1 amide bonds. The number of likely N-dealkylation sites (tertiary alicyclic amines) is 1. The molecule has 2 aliphatic rings. The molecule has 4 rings (SSSR count). The van der Waals surface area contributed by atoms with Gasteiger partial charge in [-0.3, -0.25) is 9.59 Å². The molecule has 164 valence electrons. The first-order valence-corrected chi connectivity index (χ1v) is 11.1. The summed E-state index contributed by atoms with van der Waals surface area (Å²) in [7, 11) is 0. The molecule has 31 heavy (non-hydrogen) atoms. The van der Waals surface area contributed by atoms with Crippen molar-refractivity contribution in [2.24, 2.45) is 0 Å². The number of aryl methyl sites for hydroxylation is 1.